The fraction of sp³-hybridized carbons (Fsp3) is 0.500. The maximum absolute atomic E-state index is 11.0. The quantitative estimate of drug-likeness (QED) is 0.501. The molecule has 19 heavy (non-hydrogen) atoms. The van der Waals surface area contributed by atoms with E-state index in [9.17, 15) is 4.79 Å². The van der Waals surface area contributed by atoms with Gasteiger partial charge in [0.05, 0.1) is 0 Å². The van der Waals surface area contributed by atoms with Gasteiger partial charge in [0, 0.05) is 19.4 Å². The van der Waals surface area contributed by atoms with Crippen molar-refractivity contribution in [3.8, 4) is 0 Å². The summed E-state index contributed by atoms with van der Waals surface area (Å²) >= 11 is 0. The number of anilines is 1. The SMILES string of the molecule is Cc1ccc(N/N=C(\C=O)CC2CCOCC2)nc1. The Morgan fingerprint density at radius 2 is 2.32 bits per heavy atom. The highest BCUT2D eigenvalue weighted by Gasteiger charge is 2.16. The highest BCUT2D eigenvalue weighted by molar-refractivity contribution is 6.28. The molecule has 0 bridgehead atoms. The lowest BCUT2D eigenvalue weighted by molar-refractivity contribution is -0.102. The summed E-state index contributed by atoms with van der Waals surface area (Å²) in [6.07, 6.45) is 5.27. The van der Waals surface area contributed by atoms with E-state index in [1.807, 2.05) is 19.1 Å². The molecule has 0 radical (unpaired) electrons. The molecule has 0 atom stereocenters. The second-order valence-electron chi connectivity index (χ2n) is 4.81. The number of pyridine rings is 1. The average Bonchev–Trinajstić information content (AvgIpc) is 2.46. The van der Waals surface area contributed by atoms with Crippen LogP contribution in [0, 0.1) is 12.8 Å². The molecule has 1 fully saturated rings. The number of aldehydes is 1. The number of hydrogen-bond donors (Lipinski definition) is 1. The minimum atomic E-state index is 0.491. The lowest BCUT2D eigenvalue weighted by Crippen LogP contribution is -2.19. The Morgan fingerprint density at radius 3 is 2.95 bits per heavy atom. The zero-order valence-corrected chi connectivity index (χ0v) is 11.1. The van der Waals surface area contributed by atoms with E-state index in [2.05, 4.69) is 15.5 Å². The first-order valence-electron chi connectivity index (χ1n) is 6.56. The van der Waals surface area contributed by atoms with E-state index in [0.717, 1.165) is 37.9 Å². The summed E-state index contributed by atoms with van der Waals surface area (Å²) in [6, 6.07) is 3.79. The molecule has 0 spiro atoms. The molecule has 2 heterocycles. The van der Waals surface area contributed by atoms with E-state index in [4.69, 9.17) is 4.74 Å². The van der Waals surface area contributed by atoms with E-state index in [-0.39, 0.29) is 0 Å². The Kier molecular flexibility index (Phi) is 5.03. The van der Waals surface area contributed by atoms with Crippen LogP contribution in [0.3, 0.4) is 0 Å². The summed E-state index contributed by atoms with van der Waals surface area (Å²) in [6.45, 7) is 3.54. The number of ether oxygens (including phenoxy) is 1. The van der Waals surface area contributed by atoms with Crippen LogP contribution in [0.2, 0.25) is 0 Å². The lowest BCUT2D eigenvalue weighted by atomic mass is 9.94. The molecule has 1 saturated heterocycles. The van der Waals surface area contributed by atoms with Crippen LogP contribution in [-0.2, 0) is 9.53 Å². The molecule has 5 nitrogen and oxygen atoms in total. The zero-order valence-electron chi connectivity index (χ0n) is 11.1. The molecule has 1 aliphatic rings. The minimum absolute atomic E-state index is 0.491. The zero-order chi connectivity index (χ0) is 13.5. The van der Waals surface area contributed by atoms with E-state index in [1.165, 1.54) is 0 Å². The van der Waals surface area contributed by atoms with E-state index in [1.54, 1.807) is 6.20 Å². The number of hydrogen-bond acceptors (Lipinski definition) is 5. The molecular weight excluding hydrogens is 242 g/mol. The van der Waals surface area contributed by atoms with Gasteiger partial charge in [0.25, 0.3) is 0 Å². The van der Waals surface area contributed by atoms with Crippen molar-refractivity contribution in [3.05, 3.63) is 23.9 Å². The number of nitrogens with one attached hydrogen (secondary N) is 1. The third kappa shape index (κ3) is 4.44. The summed E-state index contributed by atoms with van der Waals surface area (Å²) in [5.74, 6) is 1.14. The van der Waals surface area contributed by atoms with Crippen molar-refractivity contribution in [2.75, 3.05) is 18.6 Å². The molecular formula is C14H19N3O2. The van der Waals surface area contributed by atoms with Crippen LogP contribution in [-0.4, -0.2) is 30.2 Å². The van der Waals surface area contributed by atoms with Gasteiger partial charge in [-0.25, -0.2) is 4.98 Å². The second kappa shape index (κ2) is 6.99. The predicted octanol–water partition coefficient (Wildman–Crippen LogP) is 2.17. The van der Waals surface area contributed by atoms with Crippen molar-refractivity contribution in [2.24, 2.45) is 11.0 Å². The largest absolute Gasteiger partial charge is 0.381 e. The van der Waals surface area contributed by atoms with Crippen molar-refractivity contribution in [1.82, 2.24) is 4.98 Å². The Bertz CT molecular complexity index is 437. The topological polar surface area (TPSA) is 63.6 Å². The highest BCUT2D eigenvalue weighted by Crippen LogP contribution is 2.18. The maximum atomic E-state index is 11.0. The number of rotatable bonds is 5. The molecule has 1 aromatic rings. The molecule has 102 valence electrons. The molecule has 0 saturated carbocycles. The van der Waals surface area contributed by atoms with E-state index in [0.29, 0.717) is 23.9 Å². The highest BCUT2D eigenvalue weighted by atomic mass is 16.5. The van der Waals surface area contributed by atoms with Gasteiger partial charge in [0.15, 0.2) is 6.29 Å². The summed E-state index contributed by atoms with van der Waals surface area (Å²) in [7, 11) is 0. The Balaban J connectivity index is 1.90. The number of carbonyl (C=O) groups excluding carboxylic acids is 1. The average molecular weight is 261 g/mol. The fourth-order valence-corrected chi connectivity index (χ4v) is 2.03. The van der Waals surface area contributed by atoms with Gasteiger partial charge in [0.2, 0.25) is 0 Å². The summed E-state index contributed by atoms with van der Waals surface area (Å²) in [4.78, 5) is 15.2. The monoisotopic (exact) mass is 261 g/mol. The second-order valence-corrected chi connectivity index (χ2v) is 4.81. The smallest absolute Gasteiger partial charge is 0.166 e. The molecule has 1 aromatic heterocycles. The normalized spacial score (nSPS) is 17.2. The van der Waals surface area contributed by atoms with Crippen molar-refractivity contribution < 1.29 is 9.53 Å². The molecule has 1 N–H and O–H groups in total. The number of nitrogens with zero attached hydrogens (tertiary/aromatic N) is 2. The van der Waals surface area contributed by atoms with Gasteiger partial charge in [-0.2, -0.15) is 5.10 Å². The van der Waals surface area contributed by atoms with Crippen molar-refractivity contribution in [1.29, 1.82) is 0 Å². The first-order chi connectivity index (χ1) is 9.28. The van der Waals surface area contributed by atoms with Crippen LogP contribution < -0.4 is 5.43 Å². The predicted molar refractivity (Wildman–Crippen MR) is 74.3 cm³/mol. The van der Waals surface area contributed by atoms with Crippen molar-refractivity contribution in [2.45, 2.75) is 26.2 Å². The first-order valence-corrected chi connectivity index (χ1v) is 6.56. The number of carbonyl (C=O) groups is 1. The summed E-state index contributed by atoms with van der Waals surface area (Å²) in [5.41, 5.74) is 4.45. The standard InChI is InChI=1S/C14H19N3O2/c1-11-2-3-14(15-9-11)17-16-13(10-18)8-12-4-6-19-7-5-12/h2-3,9-10,12H,4-8H2,1H3,(H,15,17)/b16-13-. The van der Waals surface area contributed by atoms with Gasteiger partial charge in [-0.3, -0.25) is 10.2 Å². The van der Waals surface area contributed by atoms with Crippen LogP contribution >= 0.6 is 0 Å². The van der Waals surface area contributed by atoms with Crippen molar-refractivity contribution >= 4 is 17.8 Å². The molecule has 0 aromatic carbocycles. The molecule has 1 aliphatic heterocycles. The third-order valence-electron chi connectivity index (χ3n) is 3.20. The molecule has 0 amide bonds. The van der Waals surface area contributed by atoms with Crippen LogP contribution in [0.1, 0.15) is 24.8 Å². The first kappa shape index (κ1) is 13.7. The van der Waals surface area contributed by atoms with Gasteiger partial charge in [-0.1, -0.05) is 6.07 Å². The lowest BCUT2D eigenvalue weighted by Gasteiger charge is -2.21. The van der Waals surface area contributed by atoms with Gasteiger partial charge >= 0.3 is 0 Å². The van der Waals surface area contributed by atoms with Crippen LogP contribution in [0.5, 0.6) is 0 Å². The maximum Gasteiger partial charge on any atom is 0.166 e. The van der Waals surface area contributed by atoms with Gasteiger partial charge in [0.1, 0.15) is 11.5 Å². The molecule has 0 unspecified atom stereocenters. The number of hydrazone groups is 1. The Hall–Kier alpha value is -1.75. The van der Waals surface area contributed by atoms with Gasteiger partial charge in [-0.05, 0) is 43.7 Å². The fourth-order valence-electron chi connectivity index (χ4n) is 2.03. The Morgan fingerprint density at radius 1 is 1.53 bits per heavy atom. The number of aryl methyl sites for hydroxylation is 1. The van der Waals surface area contributed by atoms with Crippen LogP contribution in [0.4, 0.5) is 5.82 Å². The third-order valence-corrected chi connectivity index (χ3v) is 3.20. The molecule has 0 aliphatic carbocycles. The van der Waals surface area contributed by atoms with Crippen LogP contribution in [0.15, 0.2) is 23.4 Å². The Labute approximate surface area is 113 Å². The van der Waals surface area contributed by atoms with E-state index < -0.39 is 0 Å². The van der Waals surface area contributed by atoms with E-state index >= 15 is 0 Å². The summed E-state index contributed by atoms with van der Waals surface area (Å²) < 4.78 is 5.30. The molecule has 2 rings (SSSR count). The van der Waals surface area contributed by atoms with Gasteiger partial charge in [-0.15, -0.1) is 0 Å². The molecule has 5 heteroatoms. The van der Waals surface area contributed by atoms with Crippen molar-refractivity contribution in [3.63, 3.8) is 0 Å². The van der Waals surface area contributed by atoms with Gasteiger partial charge < -0.3 is 4.74 Å². The van der Waals surface area contributed by atoms with Crippen LogP contribution in [0.25, 0.3) is 0 Å². The summed E-state index contributed by atoms with van der Waals surface area (Å²) in [5, 5.41) is 4.13. The minimum Gasteiger partial charge on any atom is -0.381 e. The number of aromatic nitrogens is 1.